The van der Waals surface area contributed by atoms with Gasteiger partial charge in [-0.25, -0.2) is 0 Å². The minimum Gasteiger partial charge on any atom is -0.304 e. The summed E-state index contributed by atoms with van der Waals surface area (Å²) in [5.41, 5.74) is 0. The molecular formula is C27H57N9. The molecule has 0 amide bonds. The molecule has 0 aromatic rings. The molecule has 0 radical (unpaired) electrons. The largest absolute Gasteiger partial charge is 0.304 e. The Morgan fingerprint density at radius 2 is 0.528 bits per heavy atom. The second kappa shape index (κ2) is 15.3. The van der Waals surface area contributed by atoms with Gasteiger partial charge in [0.25, 0.3) is 0 Å². The molecule has 4 aliphatic heterocycles. The zero-order valence-electron chi connectivity index (χ0n) is 24.0. The fourth-order valence-corrected chi connectivity index (χ4v) is 6.18. The van der Waals surface area contributed by atoms with Gasteiger partial charge < -0.3 is 29.4 Å². The summed E-state index contributed by atoms with van der Waals surface area (Å²) >= 11 is 0. The van der Waals surface area contributed by atoms with Gasteiger partial charge in [-0.2, -0.15) is 0 Å². The van der Waals surface area contributed by atoms with E-state index < -0.39 is 0 Å². The molecule has 0 aromatic carbocycles. The third kappa shape index (κ3) is 10.1. The van der Waals surface area contributed by atoms with Crippen LogP contribution in [0.15, 0.2) is 0 Å². The maximum atomic E-state index is 2.73. The van der Waals surface area contributed by atoms with E-state index in [4.69, 9.17) is 0 Å². The van der Waals surface area contributed by atoms with Crippen LogP contribution in [0.3, 0.4) is 0 Å². The van der Waals surface area contributed by atoms with Crippen LogP contribution in [0.1, 0.15) is 19.3 Å². The molecule has 0 saturated carbocycles. The number of nitrogens with zero attached hydrogens (tertiary/aromatic N) is 9. The number of rotatable bonds is 12. The molecule has 4 saturated heterocycles. The van der Waals surface area contributed by atoms with Crippen molar-refractivity contribution in [3.63, 3.8) is 0 Å². The summed E-state index contributed by atoms with van der Waals surface area (Å²) in [5.74, 6) is 0. The van der Waals surface area contributed by atoms with Crippen LogP contribution in [0.25, 0.3) is 0 Å². The lowest BCUT2D eigenvalue weighted by Gasteiger charge is -2.43. The predicted molar refractivity (Wildman–Crippen MR) is 150 cm³/mol. The first-order valence-corrected chi connectivity index (χ1v) is 14.9. The highest BCUT2D eigenvalue weighted by Crippen LogP contribution is 2.12. The van der Waals surface area contributed by atoms with Gasteiger partial charge in [-0.15, -0.1) is 0 Å². The molecule has 4 heterocycles. The minimum atomic E-state index is 1.15. The second-order valence-corrected chi connectivity index (χ2v) is 12.1. The average molecular weight is 508 g/mol. The zero-order valence-corrected chi connectivity index (χ0v) is 24.0. The van der Waals surface area contributed by atoms with E-state index in [0.29, 0.717) is 0 Å². The van der Waals surface area contributed by atoms with Gasteiger partial charge in [-0.1, -0.05) is 0 Å². The van der Waals surface area contributed by atoms with Crippen LogP contribution in [0.5, 0.6) is 0 Å². The summed E-state index contributed by atoms with van der Waals surface area (Å²) in [6.07, 6.45) is 3.90. The fourth-order valence-electron chi connectivity index (χ4n) is 6.18. The third-order valence-electron chi connectivity index (χ3n) is 8.83. The Balaban J connectivity index is 1.18. The number of likely N-dealkylation sites (N-methyl/N-ethyl adjacent to an activating group) is 3. The Kier molecular flexibility index (Phi) is 12.2. The van der Waals surface area contributed by atoms with Crippen LogP contribution in [0.4, 0.5) is 0 Å². The smallest absolute Gasteiger partial charge is 0.0530 e. The molecule has 4 fully saturated rings. The summed E-state index contributed by atoms with van der Waals surface area (Å²) in [6.45, 7) is 25.8. The molecule has 9 heteroatoms. The molecule has 0 unspecified atom stereocenters. The van der Waals surface area contributed by atoms with E-state index in [0.717, 1.165) is 20.0 Å². The van der Waals surface area contributed by atoms with Crippen LogP contribution >= 0.6 is 0 Å². The lowest BCUT2D eigenvalue weighted by atomic mass is 10.2. The Bertz CT molecular complexity index is 497. The van der Waals surface area contributed by atoms with E-state index >= 15 is 0 Å². The van der Waals surface area contributed by atoms with E-state index in [1.165, 1.54) is 137 Å². The Morgan fingerprint density at radius 3 is 0.778 bits per heavy atom. The lowest BCUT2D eigenvalue weighted by Crippen LogP contribution is -2.56. The SMILES string of the molecule is CN1CCN(CCCN2CN(CCCN3CCN(C)CC3)CN(CCCN3CCN(C)CC3)C2)CC1. The van der Waals surface area contributed by atoms with Gasteiger partial charge in [0, 0.05) is 98.2 Å². The molecule has 0 atom stereocenters. The van der Waals surface area contributed by atoms with Crippen molar-refractivity contribution < 1.29 is 0 Å². The highest BCUT2D eigenvalue weighted by Gasteiger charge is 2.24. The zero-order chi connectivity index (χ0) is 25.2. The molecule has 36 heavy (non-hydrogen) atoms. The van der Waals surface area contributed by atoms with Crippen molar-refractivity contribution in [2.24, 2.45) is 0 Å². The van der Waals surface area contributed by atoms with Crippen LogP contribution in [-0.4, -0.2) is 203 Å². The quantitative estimate of drug-likeness (QED) is 0.353. The molecule has 9 nitrogen and oxygen atoms in total. The van der Waals surface area contributed by atoms with Gasteiger partial charge in [0.1, 0.15) is 0 Å². The normalized spacial score (nSPS) is 26.8. The van der Waals surface area contributed by atoms with Gasteiger partial charge in [-0.05, 0) is 60.0 Å². The van der Waals surface area contributed by atoms with Gasteiger partial charge in [0.2, 0.25) is 0 Å². The third-order valence-corrected chi connectivity index (χ3v) is 8.83. The van der Waals surface area contributed by atoms with E-state index in [-0.39, 0.29) is 0 Å². The van der Waals surface area contributed by atoms with Crippen molar-refractivity contribution in [1.82, 2.24) is 44.1 Å². The van der Waals surface area contributed by atoms with Crippen molar-refractivity contribution in [3.8, 4) is 0 Å². The standard InChI is InChI=1S/C27H57N9/c1-28-13-19-31(20-14-28)7-4-10-34-25-35(11-5-8-32-21-15-29(2)16-22-32)27-36(26-34)12-6-9-33-23-17-30(3)18-24-33/h4-27H2,1-3H3. The molecule has 4 rings (SSSR count). The summed E-state index contributed by atoms with van der Waals surface area (Å²) in [4.78, 5) is 23.6. The maximum Gasteiger partial charge on any atom is 0.0530 e. The second-order valence-electron chi connectivity index (χ2n) is 12.1. The molecular weight excluding hydrogens is 450 g/mol. The minimum absolute atomic E-state index is 1.15. The van der Waals surface area contributed by atoms with Crippen LogP contribution < -0.4 is 0 Å². The van der Waals surface area contributed by atoms with Crippen molar-refractivity contribution in [3.05, 3.63) is 0 Å². The highest BCUT2D eigenvalue weighted by molar-refractivity contribution is 4.75. The molecule has 0 bridgehead atoms. The number of hydrogen-bond donors (Lipinski definition) is 0. The Morgan fingerprint density at radius 1 is 0.306 bits per heavy atom. The van der Waals surface area contributed by atoms with Crippen molar-refractivity contribution in [2.45, 2.75) is 19.3 Å². The molecule has 0 N–H and O–H groups in total. The Hall–Kier alpha value is -0.360. The molecule has 210 valence electrons. The summed E-state index contributed by atoms with van der Waals surface area (Å²) < 4.78 is 0. The molecule has 0 spiro atoms. The van der Waals surface area contributed by atoms with E-state index in [1.807, 2.05) is 0 Å². The molecule has 0 aliphatic carbocycles. The van der Waals surface area contributed by atoms with E-state index in [9.17, 15) is 0 Å². The van der Waals surface area contributed by atoms with Gasteiger partial charge >= 0.3 is 0 Å². The summed E-state index contributed by atoms with van der Waals surface area (Å²) in [7, 11) is 6.76. The van der Waals surface area contributed by atoms with Crippen molar-refractivity contribution >= 4 is 0 Å². The first kappa shape index (κ1) is 28.6. The van der Waals surface area contributed by atoms with Crippen molar-refractivity contribution in [1.29, 1.82) is 0 Å². The lowest BCUT2D eigenvalue weighted by molar-refractivity contribution is -0.0338. The number of piperazine rings is 3. The number of hydrogen-bond acceptors (Lipinski definition) is 9. The molecule has 0 aromatic heterocycles. The van der Waals surface area contributed by atoms with Crippen LogP contribution in [-0.2, 0) is 0 Å². The van der Waals surface area contributed by atoms with Gasteiger partial charge in [-0.3, -0.25) is 14.7 Å². The van der Waals surface area contributed by atoms with E-state index in [2.05, 4.69) is 65.2 Å². The first-order valence-electron chi connectivity index (χ1n) is 14.9. The topological polar surface area (TPSA) is 29.2 Å². The summed E-state index contributed by atoms with van der Waals surface area (Å²) in [5, 5.41) is 0. The van der Waals surface area contributed by atoms with Gasteiger partial charge in [0.05, 0.1) is 20.0 Å². The predicted octanol–water partition coefficient (Wildman–Crippen LogP) is -0.309. The average Bonchev–Trinajstić information content (AvgIpc) is 2.88. The molecule has 4 aliphatic rings. The fraction of sp³-hybridized carbons (Fsp3) is 1.00. The monoisotopic (exact) mass is 507 g/mol. The van der Waals surface area contributed by atoms with E-state index in [1.54, 1.807) is 0 Å². The van der Waals surface area contributed by atoms with Crippen molar-refractivity contribution in [2.75, 3.05) is 159 Å². The van der Waals surface area contributed by atoms with Crippen LogP contribution in [0.2, 0.25) is 0 Å². The highest BCUT2D eigenvalue weighted by atomic mass is 15.5. The maximum absolute atomic E-state index is 2.73. The van der Waals surface area contributed by atoms with Crippen LogP contribution in [0, 0.1) is 0 Å². The van der Waals surface area contributed by atoms with Gasteiger partial charge in [0.15, 0.2) is 0 Å². The summed E-state index contributed by atoms with van der Waals surface area (Å²) in [6, 6.07) is 0. The first-order chi connectivity index (χ1) is 17.5. The Labute approximate surface area is 222 Å².